The van der Waals surface area contributed by atoms with Crippen molar-refractivity contribution in [1.29, 1.82) is 0 Å². The summed E-state index contributed by atoms with van der Waals surface area (Å²) in [4.78, 5) is 13.9. The van der Waals surface area contributed by atoms with E-state index in [4.69, 9.17) is 0 Å². The fourth-order valence-electron chi connectivity index (χ4n) is 3.65. The Morgan fingerprint density at radius 3 is 2.70 bits per heavy atom. The van der Waals surface area contributed by atoms with Gasteiger partial charge in [-0.2, -0.15) is 0 Å². The van der Waals surface area contributed by atoms with Crippen molar-refractivity contribution in [2.75, 3.05) is 13.6 Å². The van der Waals surface area contributed by atoms with E-state index < -0.39 is 0 Å². The highest BCUT2D eigenvalue weighted by Gasteiger charge is 2.34. The summed E-state index contributed by atoms with van der Waals surface area (Å²) >= 11 is 0. The molecule has 1 heterocycles. The molecule has 3 unspecified atom stereocenters. The van der Waals surface area contributed by atoms with E-state index in [1.54, 1.807) is 0 Å². The van der Waals surface area contributed by atoms with Gasteiger partial charge in [-0.25, -0.2) is 0 Å². The summed E-state index contributed by atoms with van der Waals surface area (Å²) in [6.07, 6.45) is 5.87. The summed E-state index contributed by atoms with van der Waals surface area (Å²) in [5.41, 5.74) is 1.42. The second-order valence-electron chi connectivity index (χ2n) is 6.25. The molecule has 1 aliphatic heterocycles. The highest BCUT2D eigenvalue weighted by atomic mass is 16.2. The molecule has 1 aromatic carbocycles. The zero-order valence-electron chi connectivity index (χ0n) is 12.2. The van der Waals surface area contributed by atoms with Gasteiger partial charge < -0.3 is 10.2 Å². The van der Waals surface area contributed by atoms with Crippen LogP contribution >= 0.6 is 0 Å². The maximum Gasteiger partial charge on any atom is 0.239 e. The van der Waals surface area contributed by atoms with Crippen LogP contribution in [0.15, 0.2) is 30.3 Å². The second kappa shape index (κ2) is 5.96. The number of hydrogen-bond acceptors (Lipinski definition) is 2. The van der Waals surface area contributed by atoms with Crippen LogP contribution in [0.1, 0.15) is 31.2 Å². The first-order valence-corrected chi connectivity index (χ1v) is 7.79. The van der Waals surface area contributed by atoms with Crippen LogP contribution in [0, 0.1) is 5.92 Å². The van der Waals surface area contributed by atoms with Crippen LogP contribution in [0.25, 0.3) is 0 Å². The van der Waals surface area contributed by atoms with Crippen molar-refractivity contribution in [3.63, 3.8) is 0 Å². The Bertz CT molecular complexity index is 459. The Kier molecular flexibility index (Phi) is 4.06. The third-order valence-corrected chi connectivity index (χ3v) is 4.84. The molecule has 2 fully saturated rings. The lowest BCUT2D eigenvalue weighted by atomic mass is 9.94. The summed E-state index contributed by atoms with van der Waals surface area (Å²) in [6, 6.07) is 11.3. The molecule has 3 heteroatoms. The van der Waals surface area contributed by atoms with E-state index in [9.17, 15) is 4.79 Å². The Hall–Kier alpha value is -1.35. The van der Waals surface area contributed by atoms with Crippen molar-refractivity contribution in [3.8, 4) is 0 Å². The third-order valence-electron chi connectivity index (χ3n) is 4.84. The van der Waals surface area contributed by atoms with Crippen molar-refractivity contribution in [3.05, 3.63) is 35.9 Å². The van der Waals surface area contributed by atoms with Crippen LogP contribution in [0.3, 0.4) is 0 Å². The highest BCUT2D eigenvalue weighted by Crippen LogP contribution is 2.30. The molecule has 1 aliphatic carbocycles. The van der Waals surface area contributed by atoms with Gasteiger partial charge in [-0.05, 0) is 37.2 Å². The quantitative estimate of drug-likeness (QED) is 0.911. The van der Waals surface area contributed by atoms with E-state index in [0.717, 1.165) is 19.4 Å². The van der Waals surface area contributed by atoms with Crippen molar-refractivity contribution < 1.29 is 4.79 Å². The van der Waals surface area contributed by atoms with Gasteiger partial charge in [-0.3, -0.25) is 4.79 Å². The SMILES string of the molecule is CN1CCC(NC2CCCC2Cc2ccccc2)C1=O. The fourth-order valence-corrected chi connectivity index (χ4v) is 3.65. The summed E-state index contributed by atoms with van der Waals surface area (Å²) in [6.45, 7) is 0.895. The number of hydrogen-bond donors (Lipinski definition) is 1. The average Bonchev–Trinajstić information content (AvgIpc) is 3.02. The van der Waals surface area contributed by atoms with E-state index >= 15 is 0 Å². The lowest BCUT2D eigenvalue weighted by molar-refractivity contribution is -0.128. The molecular weight excluding hydrogens is 248 g/mol. The second-order valence-corrected chi connectivity index (χ2v) is 6.25. The van der Waals surface area contributed by atoms with Crippen molar-refractivity contribution in [2.24, 2.45) is 5.92 Å². The minimum Gasteiger partial charge on any atom is -0.344 e. The zero-order chi connectivity index (χ0) is 13.9. The highest BCUT2D eigenvalue weighted by molar-refractivity contribution is 5.83. The number of carbonyl (C=O) groups is 1. The van der Waals surface area contributed by atoms with Gasteiger partial charge in [-0.1, -0.05) is 36.8 Å². The molecule has 3 atom stereocenters. The number of likely N-dealkylation sites (N-methyl/N-ethyl adjacent to an activating group) is 1. The molecule has 0 bridgehead atoms. The van der Waals surface area contributed by atoms with Crippen LogP contribution < -0.4 is 5.32 Å². The molecule has 20 heavy (non-hydrogen) atoms. The maximum atomic E-state index is 12.0. The number of likely N-dealkylation sites (tertiary alicyclic amines) is 1. The van der Waals surface area contributed by atoms with E-state index in [1.807, 2.05) is 11.9 Å². The molecule has 3 rings (SSSR count). The Morgan fingerprint density at radius 1 is 1.20 bits per heavy atom. The largest absolute Gasteiger partial charge is 0.344 e. The van der Waals surface area contributed by atoms with Gasteiger partial charge in [0.05, 0.1) is 6.04 Å². The summed E-state index contributed by atoms with van der Waals surface area (Å²) in [5.74, 6) is 0.950. The number of nitrogens with one attached hydrogen (secondary N) is 1. The molecular formula is C17H24N2O. The molecule has 0 radical (unpaired) electrons. The first-order valence-electron chi connectivity index (χ1n) is 7.79. The molecule has 1 saturated carbocycles. The molecule has 0 aromatic heterocycles. The summed E-state index contributed by atoms with van der Waals surface area (Å²) < 4.78 is 0. The van der Waals surface area contributed by atoms with Crippen molar-refractivity contribution in [2.45, 2.75) is 44.2 Å². The Balaban J connectivity index is 1.60. The van der Waals surface area contributed by atoms with Gasteiger partial charge in [0, 0.05) is 19.6 Å². The van der Waals surface area contributed by atoms with Gasteiger partial charge >= 0.3 is 0 Å². The van der Waals surface area contributed by atoms with Gasteiger partial charge in [-0.15, -0.1) is 0 Å². The molecule has 1 amide bonds. The number of amides is 1. The molecule has 0 spiro atoms. The van der Waals surface area contributed by atoms with Gasteiger partial charge in [0.15, 0.2) is 0 Å². The van der Waals surface area contributed by atoms with E-state index in [1.165, 1.54) is 24.8 Å². The average molecular weight is 272 g/mol. The van der Waals surface area contributed by atoms with Crippen LogP contribution in [-0.4, -0.2) is 36.5 Å². The van der Waals surface area contributed by atoms with E-state index in [0.29, 0.717) is 12.0 Å². The van der Waals surface area contributed by atoms with Gasteiger partial charge in [0.25, 0.3) is 0 Å². The number of rotatable bonds is 4. The fraction of sp³-hybridized carbons (Fsp3) is 0.588. The first kappa shape index (κ1) is 13.6. The predicted octanol–water partition coefficient (Wildman–Crippen LogP) is 2.22. The third kappa shape index (κ3) is 2.88. The van der Waals surface area contributed by atoms with Gasteiger partial charge in [0.2, 0.25) is 5.91 Å². The summed E-state index contributed by atoms with van der Waals surface area (Å²) in [5, 5.41) is 3.64. The topological polar surface area (TPSA) is 32.3 Å². The molecule has 1 N–H and O–H groups in total. The monoisotopic (exact) mass is 272 g/mol. The van der Waals surface area contributed by atoms with Crippen molar-refractivity contribution in [1.82, 2.24) is 10.2 Å². The molecule has 1 saturated heterocycles. The molecule has 1 aromatic rings. The standard InChI is InChI=1S/C17H24N2O/c1-19-11-10-16(17(19)20)18-15-9-5-8-14(15)12-13-6-3-2-4-7-13/h2-4,6-7,14-16,18H,5,8-12H2,1H3. The lowest BCUT2D eigenvalue weighted by Gasteiger charge is -2.24. The smallest absolute Gasteiger partial charge is 0.239 e. The Labute approximate surface area is 121 Å². The lowest BCUT2D eigenvalue weighted by Crippen LogP contribution is -2.44. The number of nitrogens with zero attached hydrogens (tertiary/aromatic N) is 1. The molecule has 3 nitrogen and oxygen atoms in total. The predicted molar refractivity (Wildman–Crippen MR) is 80.5 cm³/mol. The van der Waals surface area contributed by atoms with E-state index in [-0.39, 0.29) is 11.9 Å². The normalized spacial score (nSPS) is 30.1. The van der Waals surface area contributed by atoms with Crippen LogP contribution in [0.2, 0.25) is 0 Å². The van der Waals surface area contributed by atoms with Crippen molar-refractivity contribution >= 4 is 5.91 Å². The Morgan fingerprint density at radius 2 is 2.00 bits per heavy atom. The molecule has 2 aliphatic rings. The molecule has 108 valence electrons. The van der Waals surface area contributed by atoms with Crippen LogP contribution in [-0.2, 0) is 11.2 Å². The van der Waals surface area contributed by atoms with Gasteiger partial charge in [0.1, 0.15) is 0 Å². The van der Waals surface area contributed by atoms with E-state index in [2.05, 4.69) is 35.6 Å². The first-order chi connectivity index (χ1) is 9.74. The minimum atomic E-state index is 0.0568. The zero-order valence-corrected chi connectivity index (χ0v) is 12.2. The number of benzene rings is 1. The van der Waals surface area contributed by atoms with Crippen LogP contribution in [0.4, 0.5) is 0 Å². The van der Waals surface area contributed by atoms with Crippen LogP contribution in [0.5, 0.6) is 0 Å². The maximum absolute atomic E-state index is 12.0. The summed E-state index contributed by atoms with van der Waals surface area (Å²) in [7, 11) is 1.90. The number of carbonyl (C=O) groups excluding carboxylic acids is 1. The minimum absolute atomic E-state index is 0.0568.